The van der Waals surface area contributed by atoms with Gasteiger partial charge in [-0.15, -0.1) is 0 Å². The number of hydrogen-bond donors (Lipinski definition) is 2. The topological polar surface area (TPSA) is 112 Å². The van der Waals surface area contributed by atoms with E-state index in [9.17, 15) is 4.79 Å². The van der Waals surface area contributed by atoms with Crippen LogP contribution in [0.2, 0.25) is 0 Å². The van der Waals surface area contributed by atoms with Gasteiger partial charge < -0.3 is 20.5 Å². The molecule has 1 aromatic rings. The Hall–Kier alpha value is -2.12. The summed E-state index contributed by atoms with van der Waals surface area (Å²) in [7, 11) is 0. The molecular weight excluding hydrogens is 262 g/mol. The highest BCUT2D eigenvalue weighted by Crippen LogP contribution is 2.09. The Balaban J connectivity index is 2.39. The third-order valence-corrected chi connectivity index (χ3v) is 2.21. The number of ether oxygens (including phenoxy) is 2. The van der Waals surface area contributed by atoms with E-state index in [0.29, 0.717) is 38.5 Å². The van der Waals surface area contributed by atoms with Crippen LogP contribution in [0, 0.1) is 0 Å². The van der Waals surface area contributed by atoms with Crippen molar-refractivity contribution in [1.82, 2.24) is 15.0 Å². The van der Waals surface area contributed by atoms with Crippen molar-refractivity contribution in [3.8, 4) is 6.01 Å². The first kappa shape index (κ1) is 15.9. The van der Waals surface area contributed by atoms with Gasteiger partial charge in [-0.3, -0.25) is 4.79 Å². The first-order chi connectivity index (χ1) is 9.65. The van der Waals surface area contributed by atoms with E-state index in [4.69, 9.17) is 15.2 Å². The fourth-order valence-corrected chi connectivity index (χ4v) is 1.38. The molecule has 8 nitrogen and oxygen atoms in total. The highest BCUT2D eigenvalue weighted by Gasteiger charge is 2.06. The van der Waals surface area contributed by atoms with Crippen LogP contribution >= 0.6 is 0 Å². The molecule has 1 aromatic heterocycles. The highest BCUT2D eigenvalue weighted by atomic mass is 16.5. The predicted molar refractivity (Wildman–Crippen MR) is 74.4 cm³/mol. The summed E-state index contributed by atoms with van der Waals surface area (Å²) in [5.41, 5.74) is 5.57. The predicted octanol–water partition coefficient (Wildman–Crippen LogP) is 0.998. The number of anilines is 2. The molecule has 0 unspecified atom stereocenters. The molecule has 0 atom stereocenters. The lowest BCUT2D eigenvalue weighted by atomic mass is 10.3. The SMILES string of the molecule is CCCOc1nc(N)nc(NCCCC(=O)OCC)n1. The summed E-state index contributed by atoms with van der Waals surface area (Å²) < 4.78 is 10.1. The normalized spacial score (nSPS) is 10.1. The Kier molecular flexibility index (Phi) is 7.08. The quantitative estimate of drug-likeness (QED) is 0.510. The highest BCUT2D eigenvalue weighted by molar-refractivity contribution is 5.69. The molecule has 8 heteroatoms. The van der Waals surface area contributed by atoms with E-state index in [-0.39, 0.29) is 17.9 Å². The van der Waals surface area contributed by atoms with Crippen molar-refractivity contribution in [2.24, 2.45) is 0 Å². The second kappa shape index (κ2) is 8.89. The van der Waals surface area contributed by atoms with Gasteiger partial charge in [-0.2, -0.15) is 15.0 Å². The summed E-state index contributed by atoms with van der Waals surface area (Å²) >= 11 is 0. The fraction of sp³-hybridized carbons (Fsp3) is 0.667. The molecule has 1 heterocycles. The maximum Gasteiger partial charge on any atom is 0.323 e. The van der Waals surface area contributed by atoms with Crippen LogP contribution in [0.3, 0.4) is 0 Å². The Bertz CT molecular complexity index is 428. The van der Waals surface area contributed by atoms with Gasteiger partial charge in [-0.25, -0.2) is 0 Å². The van der Waals surface area contributed by atoms with Gasteiger partial charge in [0.15, 0.2) is 0 Å². The minimum absolute atomic E-state index is 0.0963. The average molecular weight is 283 g/mol. The van der Waals surface area contributed by atoms with Crippen LogP contribution in [0.15, 0.2) is 0 Å². The summed E-state index contributed by atoms with van der Waals surface area (Å²) in [5, 5.41) is 2.97. The molecular formula is C12H21N5O3. The van der Waals surface area contributed by atoms with Gasteiger partial charge in [0, 0.05) is 13.0 Å². The van der Waals surface area contributed by atoms with Gasteiger partial charge in [0.1, 0.15) is 0 Å². The minimum atomic E-state index is -0.212. The van der Waals surface area contributed by atoms with Gasteiger partial charge in [0.25, 0.3) is 0 Å². The molecule has 0 fully saturated rings. The Morgan fingerprint density at radius 3 is 2.80 bits per heavy atom. The van der Waals surface area contributed by atoms with Crippen molar-refractivity contribution in [2.75, 3.05) is 30.8 Å². The first-order valence-corrected chi connectivity index (χ1v) is 6.69. The number of aromatic nitrogens is 3. The molecule has 0 saturated carbocycles. The summed E-state index contributed by atoms with van der Waals surface area (Å²) in [5.74, 6) is 0.225. The van der Waals surface area contributed by atoms with Crippen LogP contribution < -0.4 is 15.8 Å². The number of carbonyl (C=O) groups is 1. The van der Waals surface area contributed by atoms with Crippen molar-refractivity contribution in [2.45, 2.75) is 33.1 Å². The standard InChI is InChI=1S/C12H21N5O3/c1-3-8-20-12-16-10(13)15-11(17-12)14-7-5-6-9(18)19-4-2/h3-8H2,1-2H3,(H3,13,14,15,16,17). The van der Waals surface area contributed by atoms with E-state index in [1.807, 2.05) is 6.92 Å². The molecule has 0 saturated heterocycles. The number of rotatable bonds is 9. The Morgan fingerprint density at radius 2 is 2.10 bits per heavy atom. The van der Waals surface area contributed by atoms with E-state index in [0.717, 1.165) is 6.42 Å². The molecule has 0 bridgehead atoms. The first-order valence-electron chi connectivity index (χ1n) is 6.69. The number of nitrogens with two attached hydrogens (primary N) is 1. The molecule has 1 rings (SSSR count). The second-order valence-corrected chi connectivity index (χ2v) is 3.98. The van der Waals surface area contributed by atoms with E-state index in [2.05, 4.69) is 20.3 Å². The zero-order valence-corrected chi connectivity index (χ0v) is 11.9. The molecule has 112 valence electrons. The number of esters is 1. The molecule has 0 aliphatic rings. The zero-order valence-electron chi connectivity index (χ0n) is 11.9. The summed E-state index contributed by atoms with van der Waals surface area (Å²) in [6, 6.07) is 0.201. The maximum absolute atomic E-state index is 11.1. The Morgan fingerprint density at radius 1 is 1.30 bits per heavy atom. The number of nitrogens with one attached hydrogen (secondary N) is 1. The smallest absolute Gasteiger partial charge is 0.323 e. The van der Waals surface area contributed by atoms with Crippen molar-refractivity contribution in [3.05, 3.63) is 0 Å². The summed E-state index contributed by atoms with van der Waals surface area (Å²) in [6.07, 6.45) is 1.82. The summed E-state index contributed by atoms with van der Waals surface area (Å²) in [6.45, 7) is 5.22. The number of hydrogen-bond acceptors (Lipinski definition) is 8. The second-order valence-electron chi connectivity index (χ2n) is 3.98. The lowest BCUT2D eigenvalue weighted by Gasteiger charge is -2.07. The molecule has 0 aliphatic heterocycles. The van der Waals surface area contributed by atoms with Crippen molar-refractivity contribution in [1.29, 1.82) is 0 Å². The lowest BCUT2D eigenvalue weighted by molar-refractivity contribution is -0.143. The van der Waals surface area contributed by atoms with E-state index in [1.165, 1.54) is 0 Å². The van der Waals surface area contributed by atoms with Gasteiger partial charge in [0.05, 0.1) is 13.2 Å². The van der Waals surface area contributed by atoms with Gasteiger partial charge in [-0.1, -0.05) is 6.92 Å². The third kappa shape index (κ3) is 6.17. The zero-order chi connectivity index (χ0) is 14.8. The average Bonchev–Trinajstić information content (AvgIpc) is 2.41. The van der Waals surface area contributed by atoms with Crippen LogP contribution in [0.4, 0.5) is 11.9 Å². The van der Waals surface area contributed by atoms with E-state index in [1.54, 1.807) is 6.92 Å². The van der Waals surface area contributed by atoms with Gasteiger partial charge >= 0.3 is 12.0 Å². The number of nitrogen functional groups attached to an aromatic ring is 1. The van der Waals surface area contributed by atoms with Gasteiger partial charge in [0.2, 0.25) is 11.9 Å². The molecule has 20 heavy (non-hydrogen) atoms. The van der Waals surface area contributed by atoms with Crippen LogP contribution in [-0.2, 0) is 9.53 Å². The van der Waals surface area contributed by atoms with E-state index < -0.39 is 0 Å². The number of nitrogens with zero attached hydrogens (tertiary/aromatic N) is 3. The minimum Gasteiger partial charge on any atom is -0.466 e. The van der Waals surface area contributed by atoms with Crippen molar-refractivity contribution in [3.63, 3.8) is 0 Å². The molecule has 0 aliphatic carbocycles. The number of carbonyl (C=O) groups excluding carboxylic acids is 1. The fourth-order valence-electron chi connectivity index (χ4n) is 1.38. The van der Waals surface area contributed by atoms with Crippen LogP contribution in [0.5, 0.6) is 6.01 Å². The van der Waals surface area contributed by atoms with E-state index >= 15 is 0 Å². The van der Waals surface area contributed by atoms with Crippen molar-refractivity contribution >= 4 is 17.9 Å². The van der Waals surface area contributed by atoms with Crippen LogP contribution in [0.25, 0.3) is 0 Å². The lowest BCUT2D eigenvalue weighted by Crippen LogP contribution is -2.12. The maximum atomic E-state index is 11.1. The monoisotopic (exact) mass is 283 g/mol. The Labute approximate surface area is 118 Å². The van der Waals surface area contributed by atoms with Gasteiger partial charge in [-0.05, 0) is 19.8 Å². The van der Waals surface area contributed by atoms with Crippen LogP contribution in [0.1, 0.15) is 33.1 Å². The molecule has 0 amide bonds. The molecule has 0 radical (unpaired) electrons. The van der Waals surface area contributed by atoms with Crippen LogP contribution in [-0.4, -0.2) is 40.7 Å². The molecule has 0 aromatic carbocycles. The largest absolute Gasteiger partial charge is 0.466 e. The summed E-state index contributed by atoms with van der Waals surface area (Å²) in [4.78, 5) is 23.0. The third-order valence-electron chi connectivity index (χ3n) is 2.21. The molecule has 3 N–H and O–H groups in total. The molecule has 0 spiro atoms. The van der Waals surface area contributed by atoms with Crippen molar-refractivity contribution < 1.29 is 14.3 Å².